The van der Waals surface area contributed by atoms with E-state index >= 15 is 0 Å². The van der Waals surface area contributed by atoms with Gasteiger partial charge in [-0.1, -0.05) is 0 Å². The third-order valence-electron chi connectivity index (χ3n) is 2.93. The van der Waals surface area contributed by atoms with Crippen molar-refractivity contribution in [2.45, 2.75) is 25.3 Å². The second-order valence-electron chi connectivity index (χ2n) is 3.95. The topological polar surface area (TPSA) is 12.0 Å². The van der Waals surface area contributed by atoms with Crippen LogP contribution in [-0.4, -0.2) is 6.04 Å². The molecule has 1 heterocycles. The zero-order valence-electron chi connectivity index (χ0n) is 7.99. The number of hydrogen-bond donors (Lipinski definition) is 1. The molecule has 1 aliphatic carbocycles. The highest BCUT2D eigenvalue weighted by Gasteiger charge is 2.16. The smallest absolute Gasteiger partial charge is 0.0349 e. The summed E-state index contributed by atoms with van der Waals surface area (Å²) < 4.78 is 1.38. The molecular weight excluding hydrogens is 190 g/mol. The van der Waals surface area contributed by atoms with E-state index in [2.05, 4.69) is 35.0 Å². The van der Waals surface area contributed by atoms with E-state index in [0.717, 1.165) is 6.04 Å². The zero-order valence-corrected chi connectivity index (χ0v) is 8.81. The summed E-state index contributed by atoms with van der Waals surface area (Å²) in [5, 5.41) is 7.08. The lowest BCUT2D eigenvalue weighted by Gasteiger charge is -2.27. The molecule has 1 saturated carbocycles. The Hall–Kier alpha value is -1.02. The van der Waals surface area contributed by atoms with E-state index < -0.39 is 0 Å². The van der Waals surface area contributed by atoms with Gasteiger partial charge in [-0.05, 0) is 54.3 Å². The van der Waals surface area contributed by atoms with Crippen molar-refractivity contribution in [3.8, 4) is 0 Å². The number of fused-ring (bicyclic) bond motifs is 1. The lowest BCUT2D eigenvalue weighted by Crippen LogP contribution is -2.26. The summed E-state index contributed by atoms with van der Waals surface area (Å²) >= 11 is 1.81. The van der Waals surface area contributed by atoms with E-state index in [1.165, 1.54) is 35.0 Å². The van der Waals surface area contributed by atoms with Crippen LogP contribution in [0.15, 0.2) is 29.6 Å². The molecule has 1 N–H and O–H groups in total. The first kappa shape index (κ1) is 8.30. The Labute approximate surface area is 87.8 Å². The van der Waals surface area contributed by atoms with Crippen LogP contribution in [0.5, 0.6) is 0 Å². The fraction of sp³-hybridized carbons (Fsp3) is 0.333. The van der Waals surface area contributed by atoms with Crippen LogP contribution in [0.3, 0.4) is 0 Å². The van der Waals surface area contributed by atoms with E-state index in [-0.39, 0.29) is 0 Å². The Kier molecular flexibility index (Phi) is 1.95. The first-order valence-corrected chi connectivity index (χ1v) is 6.03. The van der Waals surface area contributed by atoms with Crippen molar-refractivity contribution in [1.29, 1.82) is 0 Å². The van der Waals surface area contributed by atoms with E-state index in [1.807, 2.05) is 0 Å². The third-order valence-corrected chi connectivity index (χ3v) is 3.83. The van der Waals surface area contributed by atoms with E-state index in [0.29, 0.717) is 0 Å². The van der Waals surface area contributed by atoms with Gasteiger partial charge in [-0.3, -0.25) is 0 Å². The lowest BCUT2D eigenvalue weighted by atomic mass is 9.93. The summed E-state index contributed by atoms with van der Waals surface area (Å²) in [6, 6.07) is 9.57. The van der Waals surface area contributed by atoms with Gasteiger partial charge in [-0.25, -0.2) is 0 Å². The van der Waals surface area contributed by atoms with Crippen LogP contribution in [0, 0.1) is 0 Å². The maximum atomic E-state index is 3.56. The lowest BCUT2D eigenvalue weighted by molar-refractivity contribution is 0.445. The maximum absolute atomic E-state index is 3.56. The molecule has 0 unspecified atom stereocenters. The number of rotatable bonds is 2. The minimum atomic E-state index is 0.728. The van der Waals surface area contributed by atoms with Crippen molar-refractivity contribution in [1.82, 2.24) is 0 Å². The highest BCUT2D eigenvalue weighted by Crippen LogP contribution is 2.27. The van der Waals surface area contributed by atoms with Crippen LogP contribution in [0.25, 0.3) is 10.1 Å². The molecule has 1 aromatic heterocycles. The van der Waals surface area contributed by atoms with Crippen molar-refractivity contribution in [3.63, 3.8) is 0 Å². The molecule has 2 heteroatoms. The Morgan fingerprint density at radius 3 is 2.93 bits per heavy atom. The second-order valence-corrected chi connectivity index (χ2v) is 4.89. The number of anilines is 1. The quantitative estimate of drug-likeness (QED) is 0.781. The molecule has 1 nitrogen and oxygen atoms in total. The van der Waals surface area contributed by atoms with E-state index in [9.17, 15) is 0 Å². The van der Waals surface area contributed by atoms with Crippen LogP contribution in [0.4, 0.5) is 5.69 Å². The molecule has 2 aromatic rings. The Balaban J connectivity index is 1.88. The van der Waals surface area contributed by atoms with Crippen LogP contribution in [0.2, 0.25) is 0 Å². The predicted molar refractivity (Wildman–Crippen MR) is 63.1 cm³/mol. The summed E-state index contributed by atoms with van der Waals surface area (Å²) in [5.74, 6) is 0. The van der Waals surface area contributed by atoms with Crippen LogP contribution in [-0.2, 0) is 0 Å². The first-order chi connectivity index (χ1) is 6.92. The van der Waals surface area contributed by atoms with Crippen LogP contribution < -0.4 is 5.32 Å². The monoisotopic (exact) mass is 203 g/mol. The normalized spacial score (nSPS) is 16.9. The fourth-order valence-electron chi connectivity index (χ4n) is 1.84. The van der Waals surface area contributed by atoms with Gasteiger partial charge in [0.25, 0.3) is 0 Å². The average molecular weight is 203 g/mol. The minimum absolute atomic E-state index is 0.728. The fourth-order valence-corrected chi connectivity index (χ4v) is 2.62. The van der Waals surface area contributed by atoms with E-state index in [4.69, 9.17) is 0 Å². The van der Waals surface area contributed by atoms with Gasteiger partial charge < -0.3 is 5.32 Å². The molecule has 1 aliphatic rings. The number of hydrogen-bond acceptors (Lipinski definition) is 2. The van der Waals surface area contributed by atoms with Crippen molar-refractivity contribution in [2.75, 3.05) is 5.32 Å². The maximum Gasteiger partial charge on any atom is 0.0349 e. The van der Waals surface area contributed by atoms with Crippen LogP contribution in [0.1, 0.15) is 19.3 Å². The molecule has 0 bridgehead atoms. The molecule has 0 amide bonds. The summed E-state index contributed by atoms with van der Waals surface area (Å²) in [4.78, 5) is 0. The van der Waals surface area contributed by atoms with Gasteiger partial charge in [-0.2, -0.15) is 0 Å². The van der Waals surface area contributed by atoms with Gasteiger partial charge in [0.1, 0.15) is 0 Å². The van der Waals surface area contributed by atoms with Gasteiger partial charge in [0.05, 0.1) is 0 Å². The highest BCUT2D eigenvalue weighted by atomic mass is 32.1. The summed E-state index contributed by atoms with van der Waals surface area (Å²) in [6.45, 7) is 0. The molecule has 14 heavy (non-hydrogen) atoms. The van der Waals surface area contributed by atoms with Gasteiger partial charge in [0, 0.05) is 16.4 Å². The third kappa shape index (κ3) is 1.40. The summed E-state index contributed by atoms with van der Waals surface area (Å²) in [6.07, 6.45) is 4.06. The predicted octanol–water partition coefficient (Wildman–Crippen LogP) is 3.87. The number of nitrogens with one attached hydrogen (secondary N) is 1. The molecule has 0 spiro atoms. The molecule has 0 radical (unpaired) electrons. The molecule has 1 fully saturated rings. The largest absolute Gasteiger partial charge is 0.382 e. The summed E-state index contributed by atoms with van der Waals surface area (Å²) in [5.41, 5.74) is 1.28. The van der Waals surface area contributed by atoms with Crippen molar-refractivity contribution in [2.24, 2.45) is 0 Å². The molecule has 3 rings (SSSR count). The Morgan fingerprint density at radius 1 is 1.21 bits per heavy atom. The highest BCUT2D eigenvalue weighted by molar-refractivity contribution is 7.17. The Morgan fingerprint density at radius 2 is 2.14 bits per heavy atom. The van der Waals surface area contributed by atoms with Crippen molar-refractivity contribution in [3.05, 3.63) is 29.6 Å². The van der Waals surface area contributed by atoms with Gasteiger partial charge in [0.2, 0.25) is 0 Å². The van der Waals surface area contributed by atoms with Gasteiger partial charge >= 0.3 is 0 Å². The average Bonchev–Trinajstić information content (AvgIpc) is 2.58. The van der Waals surface area contributed by atoms with Crippen molar-refractivity contribution >= 4 is 27.1 Å². The molecule has 72 valence electrons. The van der Waals surface area contributed by atoms with Crippen molar-refractivity contribution < 1.29 is 0 Å². The standard InChI is InChI=1S/C12H13NS/c1-2-10(3-1)13-11-4-5-12-9(8-11)6-7-14-12/h4-8,10,13H,1-3H2. The Bertz CT molecular complexity index is 442. The SMILES string of the molecule is c1cc2cc(NC3CCC3)ccc2s1. The molecule has 0 aliphatic heterocycles. The van der Waals surface area contributed by atoms with Gasteiger partial charge in [0.15, 0.2) is 0 Å². The molecule has 0 atom stereocenters. The first-order valence-electron chi connectivity index (χ1n) is 5.16. The number of thiophene rings is 1. The molecule has 1 aromatic carbocycles. The van der Waals surface area contributed by atoms with Crippen LogP contribution >= 0.6 is 11.3 Å². The molecule has 0 saturated heterocycles. The van der Waals surface area contributed by atoms with Gasteiger partial charge in [-0.15, -0.1) is 11.3 Å². The summed E-state index contributed by atoms with van der Waals surface area (Å²) in [7, 11) is 0. The molecular formula is C12H13NS. The van der Waals surface area contributed by atoms with E-state index in [1.54, 1.807) is 11.3 Å². The number of benzene rings is 1. The zero-order chi connectivity index (χ0) is 9.38. The minimum Gasteiger partial charge on any atom is -0.382 e. The second kappa shape index (κ2) is 3.28.